The number of carboxylic acid groups (broad SMARTS) is 2. The first-order valence-corrected chi connectivity index (χ1v) is 11.8. The number of carbonyl (C=O) groups is 2. The second-order valence-electron chi connectivity index (χ2n) is 8.65. The minimum atomic E-state index is -1.02. The van der Waals surface area contributed by atoms with Crippen LogP contribution < -0.4 is 0 Å². The molecule has 4 nitrogen and oxygen atoms in total. The molecule has 0 amide bonds. The molecule has 0 radical (unpaired) electrons. The predicted molar refractivity (Wildman–Crippen MR) is 140 cm³/mol. The van der Waals surface area contributed by atoms with Gasteiger partial charge in [-0.25, -0.2) is 9.59 Å². The number of unbranched alkanes of at least 4 members (excludes halogenated alkanes) is 1. The van der Waals surface area contributed by atoms with Crippen LogP contribution in [0.15, 0.2) is 84.9 Å². The van der Waals surface area contributed by atoms with Crippen molar-refractivity contribution in [1.29, 1.82) is 0 Å². The summed E-state index contributed by atoms with van der Waals surface area (Å²) in [5.41, 5.74) is 7.00. The van der Waals surface area contributed by atoms with Crippen LogP contribution in [0.4, 0.5) is 0 Å². The molecule has 4 rings (SSSR count). The summed E-state index contributed by atoms with van der Waals surface area (Å²) >= 11 is 0. The van der Waals surface area contributed by atoms with Gasteiger partial charge in [0.15, 0.2) is 0 Å². The van der Waals surface area contributed by atoms with Crippen molar-refractivity contribution >= 4 is 11.9 Å². The van der Waals surface area contributed by atoms with Gasteiger partial charge in [0, 0.05) is 0 Å². The number of hydrogen-bond acceptors (Lipinski definition) is 2. The summed E-state index contributed by atoms with van der Waals surface area (Å²) in [6.07, 6.45) is 2.85. The van der Waals surface area contributed by atoms with Gasteiger partial charge in [0.1, 0.15) is 0 Å². The van der Waals surface area contributed by atoms with Gasteiger partial charge in [-0.2, -0.15) is 0 Å². The third-order valence-electron chi connectivity index (χ3n) is 6.32. The van der Waals surface area contributed by atoms with Gasteiger partial charge < -0.3 is 10.2 Å². The highest BCUT2D eigenvalue weighted by atomic mass is 16.4. The van der Waals surface area contributed by atoms with Crippen molar-refractivity contribution in [3.63, 3.8) is 0 Å². The lowest BCUT2D eigenvalue weighted by molar-refractivity contribution is 0.0686. The third-order valence-corrected chi connectivity index (χ3v) is 6.32. The lowest BCUT2D eigenvalue weighted by Gasteiger charge is -2.24. The molecule has 0 fully saturated rings. The third kappa shape index (κ3) is 4.73. The monoisotopic (exact) mass is 464 g/mol. The molecule has 0 aliphatic rings. The SMILES string of the molecule is CCCCc1cc(C)c(-c2ccccc2C(=O)O)c(-c2ccccc2C(=O)O)c1-c1ccccc1. The molecule has 0 aliphatic carbocycles. The molecule has 0 bridgehead atoms. The topological polar surface area (TPSA) is 74.6 Å². The van der Waals surface area contributed by atoms with Gasteiger partial charge in [0.05, 0.1) is 11.1 Å². The maximum absolute atomic E-state index is 12.3. The fourth-order valence-electron chi connectivity index (χ4n) is 4.78. The van der Waals surface area contributed by atoms with Crippen LogP contribution in [0.2, 0.25) is 0 Å². The molecule has 35 heavy (non-hydrogen) atoms. The first kappa shape index (κ1) is 24.0. The molecular formula is C31H28O4. The Morgan fingerprint density at radius 3 is 1.74 bits per heavy atom. The first-order chi connectivity index (χ1) is 16.9. The van der Waals surface area contributed by atoms with E-state index in [4.69, 9.17) is 0 Å². The Hall–Kier alpha value is -4.18. The van der Waals surface area contributed by atoms with E-state index in [1.54, 1.807) is 30.3 Å². The Balaban J connectivity index is 2.23. The van der Waals surface area contributed by atoms with Gasteiger partial charge in [-0.15, -0.1) is 0 Å². The van der Waals surface area contributed by atoms with Crippen LogP contribution in [0.25, 0.3) is 33.4 Å². The Morgan fingerprint density at radius 1 is 0.686 bits per heavy atom. The van der Waals surface area contributed by atoms with Gasteiger partial charge in [0.25, 0.3) is 0 Å². The molecule has 176 valence electrons. The van der Waals surface area contributed by atoms with Crippen molar-refractivity contribution in [1.82, 2.24) is 0 Å². The number of aromatic carboxylic acids is 2. The Morgan fingerprint density at radius 2 is 1.20 bits per heavy atom. The van der Waals surface area contributed by atoms with Crippen LogP contribution in [0.3, 0.4) is 0 Å². The van der Waals surface area contributed by atoms with Crippen molar-refractivity contribution < 1.29 is 19.8 Å². The molecule has 0 spiro atoms. The van der Waals surface area contributed by atoms with Gasteiger partial charge in [-0.05, 0) is 76.4 Å². The summed E-state index contributed by atoms with van der Waals surface area (Å²) in [7, 11) is 0. The zero-order valence-electron chi connectivity index (χ0n) is 19.9. The number of hydrogen-bond donors (Lipinski definition) is 2. The van der Waals surface area contributed by atoms with E-state index in [-0.39, 0.29) is 11.1 Å². The molecule has 4 heteroatoms. The van der Waals surface area contributed by atoms with Gasteiger partial charge >= 0.3 is 11.9 Å². The molecular weight excluding hydrogens is 436 g/mol. The van der Waals surface area contributed by atoms with Crippen molar-refractivity contribution in [2.45, 2.75) is 33.1 Å². The summed E-state index contributed by atoms with van der Waals surface area (Å²) < 4.78 is 0. The van der Waals surface area contributed by atoms with E-state index in [2.05, 4.69) is 13.0 Å². The smallest absolute Gasteiger partial charge is 0.336 e. The molecule has 0 unspecified atom stereocenters. The van der Waals surface area contributed by atoms with Crippen LogP contribution in [-0.4, -0.2) is 22.2 Å². The van der Waals surface area contributed by atoms with E-state index in [0.29, 0.717) is 11.1 Å². The van der Waals surface area contributed by atoms with E-state index in [1.807, 2.05) is 55.5 Å². The fourth-order valence-corrected chi connectivity index (χ4v) is 4.78. The molecule has 0 heterocycles. The first-order valence-electron chi connectivity index (χ1n) is 11.8. The Bertz CT molecular complexity index is 1390. The Labute approximate surface area is 205 Å². The van der Waals surface area contributed by atoms with E-state index in [9.17, 15) is 19.8 Å². The van der Waals surface area contributed by atoms with Crippen molar-refractivity contribution in [3.8, 4) is 33.4 Å². The number of carboxylic acids is 2. The van der Waals surface area contributed by atoms with Gasteiger partial charge in [-0.1, -0.05) is 86.1 Å². The van der Waals surface area contributed by atoms with Crippen LogP contribution in [-0.2, 0) is 6.42 Å². The van der Waals surface area contributed by atoms with Gasteiger partial charge in [-0.3, -0.25) is 0 Å². The summed E-state index contributed by atoms with van der Waals surface area (Å²) in [6.45, 7) is 4.12. The maximum Gasteiger partial charge on any atom is 0.336 e. The molecule has 0 aliphatic heterocycles. The number of aryl methyl sites for hydroxylation is 2. The van der Waals surface area contributed by atoms with Gasteiger partial charge in [0.2, 0.25) is 0 Å². The van der Waals surface area contributed by atoms with Crippen molar-refractivity contribution in [3.05, 3.63) is 107 Å². The fraction of sp³-hybridized carbons (Fsp3) is 0.161. The predicted octanol–water partition coefficient (Wildman–Crippen LogP) is 7.74. The molecule has 0 aromatic heterocycles. The maximum atomic E-state index is 12.3. The highest BCUT2D eigenvalue weighted by Gasteiger charge is 2.25. The standard InChI is InChI=1S/C31H28O4/c1-3-4-12-22-19-20(2)27(23-15-8-10-17-25(23)30(32)33)29(28(22)21-13-6-5-7-14-21)24-16-9-11-18-26(24)31(34)35/h5-11,13-19H,3-4,12H2,1-2H3,(H,32,33)(H,34,35). The summed E-state index contributed by atoms with van der Waals surface area (Å²) in [5, 5.41) is 20.1. The number of rotatable bonds is 8. The number of benzene rings is 4. The van der Waals surface area contributed by atoms with E-state index < -0.39 is 11.9 Å². The summed E-state index contributed by atoms with van der Waals surface area (Å²) in [6, 6.07) is 26.0. The average Bonchev–Trinajstić information content (AvgIpc) is 2.87. The highest BCUT2D eigenvalue weighted by molar-refractivity contribution is 6.07. The van der Waals surface area contributed by atoms with E-state index in [0.717, 1.165) is 52.6 Å². The molecule has 4 aromatic rings. The Kier molecular flexibility index (Phi) is 7.11. The zero-order chi connectivity index (χ0) is 24.9. The van der Waals surface area contributed by atoms with Crippen LogP contribution in [0.5, 0.6) is 0 Å². The molecule has 0 saturated carbocycles. The molecule has 4 aromatic carbocycles. The lowest BCUT2D eigenvalue weighted by atomic mass is 9.79. The van der Waals surface area contributed by atoms with Crippen molar-refractivity contribution in [2.75, 3.05) is 0 Å². The van der Waals surface area contributed by atoms with E-state index in [1.165, 1.54) is 0 Å². The largest absolute Gasteiger partial charge is 0.478 e. The molecule has 0 atom stereocenters. The second kappa shape index (κ2) is 10.4. The normalized spacial score (nSPS) is 10.8. The second-order valence-corrected chi connectivity index (χ2v) is 8.65. The average molecular weight is 465 g/mol. The minimum absolute atomic E-state index is 0.185. The van der Waals surface area contributed by atoms with Crippen LogP contribution in [0, 0.1) is 6.92 Å². The molecule has 0 saturated heterocycles. The lowest BCUT2D eigenvalue weighted by Crippen LogP contribution is -2.06. The zero-order valence-corrected chi connectivity index (χ0v) is 19.9. The quantitative estimate of drug-likeness (QED) is 0.280. The summed E-state index contributed by atoms with van der Waals surface area (Å²) in [4.78, 5) is 24.5. The summed E-state index contributed by atoms with van der Waals surface area (Å²) in [5.74, 6) is -2.04. The minimum Gasteiger partial charge on any atom is -0.478 e. The van der Waals surface area contributed by atoms with Crippen LogP contribution >= 0.6 is 0 Å². The molecule has 2 N–H and O–H groups in total. The highest BCUT2D eigenvalue weighted by Crippen LogP contribution is 2.46. The van der Waals surface area contributed by atoms with Crippen molar-refractivity contribution in [2.24, 2.45) is 0 Å². The van der Waals surface area contributed by atoms with Crippen LogP contribution in [0.1, 0.15) is 51.6 Å². The van der Waals surface area contributed by atoms with E-state index >= 15 is 0 Å².